The molecule has 1 aromatic heterocycles. The molecule has 1 amide bonds. The zero-order valence-corrected chi connectivity index (χ0v) is 18.0. The van der Waals surface area contributed by atoms with Crippen molar-refractivity contribution in [3.63, 3.8) is 0 Å². The molecule has 1 unspecified atom stereocenters. The van der Waals surface area contributed by atoms with E-state index >= 15 is 0 Å². The summed E-state index contributed by atoms with van der Waals surface area (Å²) < 4.78 is 10.5. The van der Waals surface area contributed by atoms with Crippen molar-refractivity contribution in [3.05, 3.63) is 51.6 Å². The highest BCUT2D eigenvalue weighted by molar-refractivity contribution is 5.68. The first-order chi connectivity index (χ1) is 14.9. The third kappa shape index (κ3) is 5.84. The fourth-order valence-electron chi connectivity index (χ4n) is 3.60. The summed E-state index contributed by atoms with van der Waals surface area (Å²) in [4.78, 5) is 26.9. The van der Waals surface area contributed by atoms with Crippen molar-refractivity contribution in [1.29, 1.82) is 0 Å². The molecule has 0 saturated heterocycles. The van der Waals surface area contributed by atoms with Crippen LogP contribution in [-0.4, -0.2) is 36.3 Å². The number of aromatic nitrogens is 1. The van der Waals surface area contributed by atoms with Crippen LogP contribution in [0.4, 0.5) is 22.0 Å². The van der Waals surface area contributed by atoms with E-state index in [0.717, 1.165) is 30.4 Å². The van der Waals surface area contributed by atoms with Crippen LogP contribution in [0.2, 0.25) is 0 Å². The summed E-state index contributed by atoms with van der Waals surface area (Å²) in [5.41, 5.74) is 2.86. The van der Waals surface area contributed by atoms with Gasteiger partial charge in [-0.15, -0.1) is 0 Å². The number of nitro groups is 1. The summed E-state index contributed by atoms with van der Waals surface area (Å²) in [5.74, 6) is 0.913. The van der Waals surface area contributed by atoms with E-state index in [9.17, 15) is 14.9 Å². The predicted molar refractivity (Wildman–Crippen MR) is 117 cm³/mol. The number of benzene rings is 1. The fourth-order valence-corrected chi connectivity index (χ4v) is 3.60. The Balaban J connectivity index is 1.72. The Hall–Kier alpha value is -3.36. The van der Waals surface area contributed by atoms with Crippen LogP contribution in [0.5, 0.6) is 5.88 Å². The van der Waals surface area contributed by atoms with Crippen molar-refractivity contribution in [2.45, 2.75) is 39.0 Å². The molecule has 31 heavy (non-hydrogen) atoms. The van der Waals surface area contributed by atoms with Crippen LogP contribution in [-0.2, 0) is 11.2 Å². The summed E-state index contributed by atoms with van der Waals surface area (Å²) in [6, 6.07) is 8.65. The van der Waals surface area contributed by atoms with Crippen LogP contribution in [0.3, 0.4) is 0 Å². The molecule has 2 N–H and O–H groups in total. The number of aryl methyl sites for hydroxylation is 1. The number of nitrogens with zero attached hydrogens (tertiary/aromatic N) is 2. The van der Waals surface area contributed by atoms with Crippen molar-refractivity contribution in [2.24, 2.45) is 5.92 Å². The van der Waals surface area contributed by atoms with Gasteiger partial charge >= 0.3 is 11.8 Å². The largest absolute Gasteiger partial charge is 0.481 e. The summed E-state index contributed by atoms with van der Waals surface area (Å²) in [5, 5.41) is 17.1. The van der Waals surface area contributed by atoms with Gasteiger partial charge in [-0.2, -0.15) is 4.98 Å². The lowest BCUT2D eigenvalue weighted by Crippen LogP contribution is -2.29. The third-order valence-corrected chi connectivity index (χ3v) is 5.17. The zero-order valence-electron chi connectivity index (χ0n) is 18.0. The molecule has 3 rings (SSSR count). The Labute approximate surface area is 181 Å². The molecule has 166 valence electrons. The van der Waals surface area contributed by atoms with Gasteiger partial charge in [0.15, 0.2) is 0 Å². The first kappa shape index (κ1) is 22.3. The monoisotopic (exact) mass is 428 g/mol. The number of nitrogens with one attached hydrogen (secondary N) is 2. The van der Waals surface area contributed by atoms with Gasteiger partial charge in [-0.25, -0.2) is 4.79 Å². The molecule has 1 aliphatic rings. The molecular weight excluding hydrogens is 400 g/mol. The highest BCUT2D eigenvalue weighted by Gasteiger charge is 2.23. The molecule has 0 saturated carbocycles. The number of carbonyl (C=O) groups is 1. The van der Waals surface area contributed by atoms with Crippen molar-refractivity contribution >= 4 is 23.3 Å². The number of hydrogen-bond donors (Lipinski definition) is 2. The SMILES string of the molecule is COc1ccc([N+](=O)[O-])c(Nc2ccc3c(c2)CCCC3COC(=O)NCC(C)C)n1. The van der Waals surface area contributed by atoms with Gasteiger partial charge in [-0.1, -0.05) is 19.9 Å². The summed E-state index contributed by atoms with van der Waals surface area (Å²) in [6.45, 7) is 4.96. The minimum atomic E-state index is -0.481. The molecule has 9 nitrogen and oxygen atoms in total. The van der Waals surface area contributed by atoms with E-state index in [2.05, 4.69) is 15.6 Å². The third-order valence-electron chi connectivity index (χ3n) is 5.17. The topological polar surface area (TPSA) is 116 Å². The molecule has 0 bridgehead atoms. The number of anilines is 2. The average Bonchev–Trinajstić information content (AvgIpc) is 2.75. The first-order valence-corrected chi connectivity index (χ1v) is 10.4. The molecule has 2 aromatic rings. The van der Waals surface area contributed by atoms with Crippen LogP contribution < -0.4 is 15.4 Å². The van der Waals surface area contributed by atoms with E-state index in [1.165, 1.54) is 19.2 Å². The number of amides is 1. The minimum Gasteiger partial charge on any atom is -0.481 e. The maximum absolute atomic E-state index is 11.9. The molecule has 0 aliphatic heterocycles. The Morgan fingerprint density at radius 2 is 2.13 bits per heavy atom. The molecular formula is C22H28N4O5. The van der Waals surface area contributed by atoms with Gasteiger partial charge in [0.1, 0.15) is 6.61 Å². The number of rotatable bonds is 8. The van der Waals surface area contributed by atoms with Gasteiger partial charge in [0, 0.05) is 30.3 Å². The van der Waals surface area contributed by atoms with E-state index < -0.39 is 11.0 Å². The number of fused-ring (bicyclic) bond motifs is 1. The Kier molecular flexibility index (Phi) is 7.28. The zero-order chi connectivity index (χ0) is 22.4. The standard InChI is InChI=1S/C22H28N4O5/c1-14(2)12-23-22(27)31-13-16-6-4-5-15-11-17(7-8-18(15)16)24-21-19(26(28)29)9-10-20(25-21)30-3/h7-11,14,16H,4-6,12-13H2,1-3H3,(H,23,27)(H,24,25). The molecule has 1 aliphatic carbocycles. The molecule has 0 radical (unpaired) electrons. The van der Waals surface area contributed by atoms with E-state index in [0.29, 0.717) is 30.6 Å². The van der Waals surface area contributed by atoms with Gasteiger partial charge in [0.2, 0.25) is 11.7 Å². The van der Waals surface area contributed by atoms with Crippen molar-refractivity contribution in [2.75, 3.05) is 25.6 Å². The van der Waals surface area contributed by atoms with Gasteiger partial charge in [-0.05, 0) is 48.4 Å². The van der Waals surface area contributed by atoms with E-state index in [1.54, 1.807) is 0 Å². The van der Waals surface area contributed by atoms with Crippen LogP contribution >= 0.6 is 0 Å². The maximum atomic E-state index is 11.9. The quantitative estimate of drug-likeness (QED) is 0.468. The van der Waals surface area contributed by atoms with Crippen LogP contribution in [0, 0.1) is 16.0 Å². The lowest BCUT2D eigenvalue weighted by molar-refractivity contribution is -0.384. The van der Waals surface area contributed by atoms with Gasteiger partial charge in [0.05, 0.1) is 12.0 Å². The lowest BCUT2D eigenvalue weighted by Gasteiger charge is -2.26. The smallest absolute Gasteiger partial charge is 0.407 e. The maximum Gasteiger partial charge on any atom is 0.407 e. The highest BCUT2D eigenvalue weighted by Crippen LogP contribution is 2.35. The number of pyridine rings is 1. The highest BCUT2D eigenvalue weighted by atomic mass is 16.6. The summed E-state index contributed by atoms with van der Waals surface area (Å²) >= 11 is 0. The number of hydrogen-bond acceptors (Lipinski definition) is 7. The van der Waals surface area contributed by atoms with Crippen molar-refractivity contribution < 1.29 is 19.2 Å². The molecule has 9 heteroatoms. The minimum absolute atomic E-state index is 0.127. The van der Waals surface area contributed by atoms with E-state index in [1.807, 2.05) is 32.0 Å². The second-order valence-electron chi connectivity index (χ2n) is 7.98. The number of ether oxygens (including phenoxy) is 2. The summed E-state index contributed by atoms with van der Waals surface area (Å²) in [6.07, 6.45) is 2.43. The van der Waals surface area contributed by atoms with Crippen molar-refractivity contribution in [1.82, 2.24) is 10.3 Å². The number of carbonyl (C=O) groups excluding carboxylic acids is 1. The second-order valence-corrected chi connectivity index (χ2v) is 7.98. The molecule has 0 fully saturated rings. The second kappa shape index (κ2) is 10.1. The van der Waals surface area contributed by atoms with Crippen LogP contribution in [0.15, 0.2) is 30.3 Å². The van der Waals surface area contributed by atoms with Gasteiger partial charge in [-0.3, -0.25) is 10.1 Å². The molecule has 1 aromatic carbocycles. The van der Waals surface area contributed by atoms with E-state index in [4.69, 9.17) is 9.47 Å². The van der Waals surface area contributed by atoms with Crippen LogP contribution in [0.1, 0.15) is 43.7 Å². The molecule has 1 atom stereocenters. The molecule has 1 heterocycles. The van der Waals surface area contributed by atoms with Crippen molar-refractivity contribution in [3.8, 4) is 5.88 Å². The van der Waals surface area contributed by atoms with E-state index in [-0.39, 0.29) is 17.4 Å². The summed E-state index contributed by atoms with van der Waals surface area (Å²) in [7, 11) is 1.46. The first-order valence-electron chi connectivity index (χ1n) is 10.4. The van der Waals surface area contributed by atoms with Gasteiger partial charge < -0.3 is 20.1 Å². The normalized spacial score (nSPS) is 15.2. The molecule has 0 spiro atoms. The Bertz CT molecular complexity index is 947. The Morgan fingerprint density at radius 3 is 2.84 bits per heavy atom. The predicted octanol–water partition coefficient (Wildman–Crippen LogP) is 4.54. The number of methoxy groups -OCH3 is 1. The van der Waals surface area contributed by atoms with Gasteiger partial charge in [0.25, 0.3) is 0 Å². The van der Waals surface area contributed by atoms with Crippen LogP contribution in [0.25, 0.3) is 0 Å². The average molecular weight is 428 g/mol. The fraction of sp³-hybridized carbons (Fsp3) is 0.455. The lowest BCUT2D eigenvalue weighted by atomic mass is 9.83. The Morgan fingerprint density at radius 1 is 1.32 bits per heavy atom. The number of alkyl carbamates (subject to hydrolysis) is 1.